The maximum Gasteiger partial charge on any atom is 0.490 e. The molecule has 0 radical (unpaired) electrons. The molecule has 1 amide bonds. The minimum Gasteiger partial charge on any atom is -0.497 e. The van der Waals surface area contributed by atoms with Gasteiger partial charge in [0.1, 0.15) is 17.5 Å². The number of amides is 1. The largest absolute Gasteiger partial charge is 0.497 e. The van der Waals surface area contributed by atoms with E-state index in [1.54, 1.807) is 36.4 Å². The zero-order valence-electron chi connectivity index (χ0n) is 23.9. The van der Waals surface area contributed by atoms with E-state index in [1.165, 1.54) is 30.4 Å². The first-order valence-electron chi connectivity index (χ1n) is 12.9. The number of hydrogen-bond donors (Lipinski definition) is 3. The number of carbonyl (C=O) groups is 3. The van der Waals surface area contributed by atoms with Crippen LogP contribution in [0, 0.1) is 0 Å². The van der Waals surface area contributed by atoms with E-state index in [4.69, 9.17) is 20.4 Å². The van der Waals surface area contributed by atoms with Crippen LogP contribution in [0.2, 0.25) is 0 Å². The summed E-state index contributed by atoms with van der Waals surface area (Å²) in [4.78, 5) is 35.1. The average Bonchev–Trinajstić information content (AvgIpc) is 3.32. The van der Waals surface area contributed by atoms with Crippen LogP contribution in [0.3, 0.4) is 0 Å². The summed E-state index contributed by atoms with van der Waals surface area (Å²) in [6.07, 6.45) is -3.17. The highest BCUT2D eigenvalue weighted by Gasteiger charge is 2.40. The number of benzene rings is 3. The molecule has 1 atom stereocenters. The highest BCUT2D eigenvalue weighted by Crippen LogP contribution is 2.27. The number of hydrazone groups is 1. The SMILES string of the molecule is COC(=O)C(F)(F)F.COc1ccc2ccc(S(=O)(=O)NC3CCN(Cc4cc(C=NN)ccc4OCC(=O)O)C3=O)cc2c1. The Kier molecular flexibility index (Phi) is 11.3. The fourth-order valence-corrected chi connectivity index (χ4v) is 5.51. The molecule has 1 aliphatic rings. The van der Waals surface area contributed by atoms with E-state index in [2.05, 4.69) is 14.6 Å². The van der Waals surface area contributed by atoms with Crippen LogP contribution in [0.5, 0.6) is 11.5 Å². The lowest BCUT2D eigenvalue weighted by Crippen LogP contribution is -2.41. The smallest absolute Gasteiger partial charge is 0.490 e. The predicted molar refractivity (Wildman–Crippen MR) is 154 cm³/mol. The van der Waals surface area contributed by atoms with Gasteiger partial charge in [-0.05, 0) is 65.2 Å². The van der Waals surface area contributed by atoms with Crippen molar-refractivity contribution in [2.45, 2.75) is 30.1 Å². The summed E-state index contributed by atoms with van der Waals surface area (Å²) in [7, 11) is -1.78. The maximum absolute atomic E-state index is 13.1. The highest BCUT2D eigenvalue weighted by molar-refractivity contribution is 7.89. The molecule has 4 N–H and O–H groups in total. The van der Waals surface area contributed by atoms with E-state index in [1.807, 2.05) is 6.07 Å². The van der Waals surface area contributed by atoms with Gasteiger partial charge in [-0.2, -0.15) is 23.0 Å². The molecule has 0 aliphatic carbocycles. The Morgan fingerprint density at radius 2 is 1.82 bits per heavy atom. The number of carbonyl (C=O) groups excluding carboxylic acids is 2. The van der Waals surface area contributed by atoms with Crippen LogP contribution < -0.4 is 20.0 Å². The second-order valence-electron chi connectivity index (χ2n) is 9.41. The van der Waals surface area contributed by atoms with Crippen molar-refractivity contribution in [1.29, 1.82) is 0 Å². The second kappa shape index (κ2) is 14.7. The summed E-state index contributed by atoms with van der Waals surface area (Å²) < 4.78 is 75.6. The monoisotopic (exact) mass is 654 g/mol. The molecular weight excluding hydrogens is 625 g/mol. The number of rotatable bonds is 10. The first-order chi connectivity index (χ1) is 21.2. The number of hydrogen-bond acceptors (Lipinski definition) is 10. The number of carboxylic acid groups (broad SMARTS) is 1. The summed E-state index contributed by atoms with van der Waals surface area (Å²) in [6, 6.07) is 14.1. The third-order valence-electron chi connectivity index (χ3n) is 6.36. The Labute approximate surface area is 255 Å². The van der Waals surface area contributed by atoms with Gasteiger partial charge in [-0.25, -0.2) is 18.0 Å². The average molecular weight is 655 g/mol. The zero-order valence-corrected chi connectivity index (χ0v) is 24.7. The van der Waals surface area contributed by atoms with Gasteiger partial charge in [-0.1, -0.05) is 12.1 Å². The molecule has 1 unspecified atom stereocenters. The van der Waals surface area contributed by atoms with Crippen LogP contribution in [-0.2, 0) is 35.7 Å². The molecule has 1 saturated heterocycles. The molecule has 3 aromatic rings. The van der Waals surface area contributed by atoms with Crippen molar-refractivity contribution in [3.63, 3.8) is 0 Å². The number of carboxylic acids is 1. The highest BCUT2D eigenvalue weighted by atomic mass is 32.2. The lowest BCUT2D eigenvalue weighted by molar-refractivity contribution is -0.196. The van der Waals surface area contributed by atoms with Crippen molar-refractivity contribution >= 4 is 44.9 Å². The van der Waals surface area contributed by atoms with E-state index in [9.17, 15) is 36.0 Å². The van der Waals surface area contributed by atoms with Gasteiger partial charge in [0.25, 0.3) is 0 Å². The molecule has 13 nitrogen and oxygen atoms in total. The second-order valence-corrected chi connectivity index (χ2v) is 11.1. The summed E-state index contributed by atoms with van der Waals surface area (Å²) in [5.74, 6) is 2.42. The van der Waals surface area contributed by atoms with Crippen LogP contribution in [0.1, 0.15) is 17.5 Å². The maximum atomic E-state index is 13.1. The van der Waals surface area contributed by atoms with Gasteiger partial charge in [-0.15, -0.1) is 0 Å². The van der Waals surface area contributed by atoms with Gasteiger partial charge in [0.15, 0.2) is 6.61 Å². The predicted octanol–water partition coefficient (Wildman–Crippen LogP) is 2.41. The van der Waals surface area contributed by atoms with Gasteiger partial charge < -0.3 is 30.1 Å². The third-order valence-corrected chi connectivity index (χ3v) is 7.83. The number of aliphatic carboxylic acids is 1. The number of esters is 1. The van der Waals surface area contributed by atoms with Crippen LogP contribution in [0.15, 0.2) is 64.6 Å². The molecule has 3 aromatic carbocycles. The number of nitrogens with one attached hydrogen (secondary N) is 1. The van der Waals surface area contributed by atoms with Crippen molar-refractivity contribution in [1.82, 2.24) is 9.62 Å². The molecule has 0 bridgehead atoms. The number of alkyl halides is 3. The normalized spacial score (nSPS) is 15.1. The first kappa shape index (κ1) is 34.6. The molecule has 1 fully saturated rings. The molecule has 242 valence electrons. The molecular formula is C28H29F3N4O9S. The van der Waals surface area contributed by atoms with E-state index in [0.717, 1.165) is 5.39 Å². The number of ether oxygens (including phenoxy) is 3. The number of fused-ring (bicyclic) bond motifs is 1. The minimum atomic E-state index is -4.85. The van der Waals surface area contributed by atoms with Gasteiger partial charge in [0.2, 0.25) is 15.9 Å². The Morgan fingerprint density at radius 3 is 2.42 bits per heavy atom. The van der Waals surface area contributed by atoms with Gasteiger partial charge in [0, 0.05) is 18.7 Å². The molecule has 45 heavy (non-hydrogen) atoms. The fraction of sp³-hybridized carbons (Fsp3) is 0.286. The molecule has 0 saturated carbocycles. The zero-order chi connectivity index (χ0) is 33.4. The molecule has 4 rings (SSSR count). The number of nitrogens with zero attached hydrogens (tertiary/aromatic N) is 2. The van der Waals surface area contributed by atoms with Gasteiger partial charge in [0.05, 0.1) is 25.3 Å². The van der Waals surface area contributed by atoms with E-state index >= 15 is 0 Å². The van der Waals surface area contributed by atoms with Crippen molar-refractivity contribution < 1.29 is 55.3 Å². The molecule has 1 heterocycles. The van der Waals surface area contributed by atoms with Gasteiger partial charge >= 0.3 is 18.1 Å². The number of nitrogens with two attached hydrogens (primary N) is 1. The Morgan fingerprint density at radius 1 is 1.11 bits per heavy atom. The van der Waals surface area contributed by atoms with Crippen LogP contribution in [0.4, 0.5) is 13.2 Å². The lowest BCUT2D eigenvalue weighted by atomic mass is 10.1. The van der Waals surface area contributed by atoms with Crippen molar-refractivity contribution in [3.8, 4) is 11.5 Å². The van der Waals surface area contributed by atoms with Crippen LogP contribution in [0.25, 0.3) is 10.8 Å². The van der Waals surface area contributed by atoms with Crippen molar-refractivity contribution in [3.05, 3.63) is 65.7 Å². The molecule has 0 aromatic heterocycles. The van der Waals surface area contributed by atoms with Gasteiger partial charge in [-0.3, -0.25) is 4.79 Å². The van der Waals surface area contributed by atoms with E-state index in [0.29, 0.717) is 41.7 Å². The Bertz CT molecular complexity index is 1700. The summed E-state index contributed by atoms with van der Waals surface area (Å²) in [5.41, 5.74) is 1.18. The summed E-state index contributed by atoms with van der Waals surface area (Å²) in [5, 5.41) is 14.0. The quantitative estimate of drug-likeness (QED) is 0.127. The van der Waals surface area contributed by atoms with Crippen LogP contribution in [-0.4, -0.2) is 82.1 Å². The minimum absolute atomic E-state index is 0.0395. The Balaban J connectivity index is 0.000000610. The summed E-state index contributed by atoms with van der Waals surface area (Å²) in [6.45, 7) is -0.159. The Hall–Kier alpha value is -4.90. The fourth-order valence-electron chi connectivity index (χ4n) is 4.25. The van der Waals surface area contributed by atoms with E-state index < -0.39 is 46.7 Å². The topological polar surface area (TPSA) is 187 Å². The summed E-state index contributed by atoms with van der Waals surface area (Å²) >= 11 is 0. The third kappa shape index (κ3) is 9.29. The lowest BCUT2D eigenvalue weighted by Gasteiger charge is -2.20. The van der Waals surface area contributed by atoms with Crippen LogP contribution >= 0.6 is 0 Å². The number of likely N-dealkylation sites (tertiary alicyclic amines) is 1. The molecule has 1 aliphatic heterocycles. The van der Waals surface area contributed by atoms with E-state index in [-0.39, 0.29) is 17.9 Å². The number of methoxy groups -OCH3 is 2. The number of sulfonamides is 1. The standard InChI is InChI=1S/C25H26N4O7S.C3H3F3O2/c1-35-20-5-3-17-4-6-21(12-18(17)11-20)37(33,34)28-22-8-9-29(25(22)32)14-19-10-16(13-27-26)2-7-23(19)36-15-24(30)31;1-8-2(7)3(4,5)6/h2-7,10-13,22,28H,8-9,14-15,26H2,1H3,(H,30,31);1H3. The molecule has 0 spiro atoms. The molecule has 17 heteroatoms. The van der Waals surface area contributed by atoms with Crippen molar-refractivity contribution in [2.24, 2.45) is 10.9 Å². The first-order valence-corrected chi connectivity index (χ1v) is 14.4. The number of halogens is 3. The van der Waals surface area contributed by atoms with Crippen molar-refractivity contribution in [2.75, 3.05) is 27.4 Å².